The van der Waals surface area contributed by atoms with Gasteiger partial charge in [-0.3, -0.25) is 9.59 Å². The third-order valence-electron chi connectivity index (χ3n) is 5.23. The van der Waals surface area contributed by atoms with Crippen molar-refractivity contribution in [3.63, 3.8) is 0 Å². The third-order valence-corrected chi connectivity index (χ3v) is 6.16. The molecule has 27 heavy (non-hydrogen) atoms. The normalized spacial score (nSPS) is 19.0. The zero-order chi connectivity index (χ0) is 18.6. The van der Waals surface area contributed by atoms with E-state index in [0.717, 1.165) is 43.5 Å². The fourth-order valence-corrected chi connectivity index (χ4v) is 4.41. The molecule has 142 valence electrons. The number of thiophene rings is 1. The van der Waals surface area contributed by atoms with Gasteiger partial charge >= 0.3 is 0 Å². The van der Waals surface area contributed by atoms with Crippen LogP contribution in [-0.4, -0.2) is 36.0 Å². The molecule has 1 aromatic carbocycles. The van der Waals surface area contributed by atoms with E-state index in [2.05, 4.69) is 17.4 Å². The van der Waals surface area contributed by atoms with Gasteiger partial charge in [0.15, 0.2) is 0 Å². The van der Waals surface area contributed by atoms with Crippen molar-refractivity contribution in [2.45, 2.75) is 44.8 Å². The molecule has 6 heteroatoms. The Morgan fingerprint density at radius 1 is 1.26 bits per heavy atom. The minimum atomic E-state index is -0.337. The third kappa shape index (κ3) is 4.39. The first-order chi connectivity index (χ1) is 13.2. The lowest BCUT2D eigenvalue weighted by Gasteiger charge is -2.29. The summed E-state index contributed by atoms with van der Waals surface area (Å²) in [6.07, 6.45) is 3.59. The van der Waals surface area contributed by atoms with Crippen molar-refractivity contribution in [3.05, 3.63) is 51.7 Å². The summed E-state index contributed by atoms with van der Waals surface area (Å²) < 4.78 is 5.44. The number of nitrogens with one attached hydrogen (secondary N) is 1. The van der Waals surface area contributed by atoms with Crippen molar-refractivity contribution in [3.8, 4) is 0 Å². The first kappa shape index (κ1) is 18.2. The van der Waals surface area contributed by atoms with E-state index in [4.69, 9.17) is 4.74 Å². The number of rotatable bonds is 5. The fraction of sp³-hybridized carbons (Fsp3) is 0.429. The van der Waals surface area contributed by atoms with Crippen LogP contribution in [0.5, 0.6) is 0 Å². The quantitative estimate of drug-likeness (QED) is 0.860. The molecule has 3 heterocycles. The number of carbonyl (C=O) groups excluding carboxylic acids is 2. The molecule has 2 aliphatic heterocycles. The summed E-state index contributed by atoms with van der Waals surface area (Å²) in [4.78, 5) is 28.0. The molecule has 4 rings (SSSR count). The van der Waals surface area contributed by atoms with Crippen LogP contribution < -0.4 is 5.32 Å². The van der Waals surface area contributed by atoms with E-state index in [-0.39, 0.29) is 17.9 Å². The first-order valence-electron chi connectivity index (χ1n) is 9.53. The Hall–Kier alpha value is -2.18. The molecule has 0 bridgehead atoms. The van der Waals surface area contributed by atoms with E-state index in [1.54, 1.807) is 11.3 Å². The number of ether oxygens (including phenoxy) is 1. The van der Waals surface area contributed by atoms with Gasteiger partial charge in [0.2, 0.25) is 5.91 Å². The molecular formula is C21H24N2O3S. The topological polar surface area (TPSA) is 58.6 Å². The molecule has 1 atom stereocenters. The zero-order valence-electron chi connectivity index (χ0n) is 15.3. The number of hydrogen-bond donors (Lipinski definition) is 1. The summed E-state index contributed by atoms with van der Waals surface area (Å²) in [5.74, 6) is 0.120. The number of anilines is 1. The van der Waals surface area contributed by atoms with Crippen LogP contribution in [-0.2, 0) is 33.7 Å². The number of aryl methyl sites for hydroxylation is 1. The number of fused-ring (bicyclic) bond motifs is 1. The average molecular weight is 385 g/mol. The lowest BCUT2D eigenvalue weighted by Crippen LogP contribution is -2.36. The van der Waals surface area contributed by atoms with Crippen molar-refractivity contribution in [1.29, 1.82) is 0 Å². The Bertz CT molecular complexity index is 813. The maximum Gasteiger partial charge on any atom is 0.253 e. The number of hydrogen-bond acceptors (Lipinski definition) is 4. The molecule has 2 aromatic rings. The second-order valence-electron chi connectivity index (χ2n) is 7.12. The zero-order valence-corrected chi connectivity index (χ0v) is 16.1. The van der Waals surface area contributed by atoms with Gasteiger partial charge in [-0.05, 0) is 60.4 Å². The van der Waals surface area contributed by atoms with Crippen LogP contribution in [0, 0.1) is 0 Å². The highest BCUT2D eigenvalue weighted by Crippen LogP contribution is 2.24. The van der Waals surface area contributed by atoms with Crippen molar-refractivity contribution in [2.24, 2.45) is 0 Å². The molecule has 1 N–H and O–H groups in total. The maximum atomic E-state index is 12.6. The van der Waals surface area contributed by atoms with Crippen LogP contribution in [0.15, 0.2) is 35.7 Å². The minimum absolute atomic E-state index is 0.0767. The predicted octanol–water partition coefficient (Wildman–Crippen LogP) is 3.38. The number of amides is 2. The molecule has 0 radical (unpaired) electrons. The summed E-state index contributed by atoms with van der Waals surface area (Å²) in [6, 6.07) is 10.1. The molecule has 5 nitrogen and oxygen atoms in total. The Labute approximate surface area is 163 Å². The van der Waals surface area contributed by atoms with Gasteiger partial charge in [-0.1, -0.05) is 12.1 Å². The van der Waals surface area contributed by atoms with E-state index in [1.807, 2.05) is 28.5 Å². The highest BCUT2D eigenvalue weighted by Gasteiger charge is 2.25. The van der Waals surface area contributed by atoms with Gasteiger partial charge in [0, 0.05) is 36.7 Å². The van der Waals surface area contributed by atoms with Crippen molar-refractivity contribution < 1.29 is 14.3 Å². The van der Waals surface area contributed by atoms with Crippen molar-refractivity contribution in [2.75, 3.05) is 18.5 Å². The van der Waals surface area contributed by atoms with Gasteiger partial charge in [-0.2, -0.15) is 0 Å². The Morgan fingerprint density at radius 3 is 2.96 bits per heavy atom. The molecular weight excluding hydrogens is 360 g/mol. The number of carbonyl (C=O) groups is 2. The van der Waals surface area contributed by atoms with Gasteiger partial charge in [0.05, 0.1) is 0 Å². The standard InChI is InChI=1S/C21H24N2O3S/c24-20(8-7-18-3-2-12-27-18)23-10-9-15-5-6-17(13-16(15)14-23)22-21(25)19-4-1-11-26-19/h2-3,5-6,12-13,19H,1,4,7-11,14H2,(H,22,25)/t19-/m0/s1. The monoisotopic (exact) mass is 384 g/mol. The minimum Gasteiger partial charge on any atom is -0.368 e. The van der Waals surface area contributed by atoms with Crippen LogP contribution in [0.3, 0.4) is 0 Å². The van der Waals surface area contributed by atoms with Crippen LogP contribution in [0.25, 0.3) is 0 Å². The van der Waals surface area contributed by atoms with Crippen molar-refractivity contribution in [1.82, 2.24) is 4.90 Å². The SMILES string of the molecule is O=C(Nc1ccc2c(c1)CN(C(=O)CCc1cccs1)CC2)[C@@H]1CCCO1. The lowest BCUT2D eigenvalue weighted by atomic mass is 9.98. The molecule has 2 aliphatic rings. The van der Waals surface area contributed by atoms with Gasteiger partial charge in [-0.15, -0.1) is 11.3 Å². The molecule has 1 saturated heterocycles. The van der Waals surface area contributed by atoms with Crippen LogP contribution in [0.4, 0.5) is 5.69 Å². The van der Waals surface area contributed by atoms with Crippen LogP contribution in [0.2, 0.25) is 0 Å². The highest BCUT2D eigenvalue weighted by atomic mass is 32.1. The van der Waals surface area contributed by atoms with E-state index in [0.29, 0.717) is 19.6 Å². The molecule has 0 aliphatic carbocycles. The summed E-state index contributed by atoms with van der Waals surface area (Å²) in [5.41, 5.74) is 3.16. The Balaban J connectivity index is 1.37. The molecule has 1 fully saturated rings. The molecule has 0 saturated carbocycles. The smallest absolute Gasteiger partial charge is 0.253 e. The second-order valence-corrected chi connectivity index (χ2v) is 8.15. The van der Waals surface area contributed by atoms with E-state index >= 15 is 0 Å². The van der Waals surface area contributed by atoms with E-state index in [1.165, 1.54) is 10.4 Å². The number of nitrogens with zero attached hydrogens (tertiary/aromatic N) is 1. The first-order valence-corrected chi connectivity index (χ1v) is 10.4. The maximum absolute atomic E-state index is 12.6. The van der Waals surface area contributed by atoms with Crippen LogP contribution >= 0.6 is 11.3 Å². The average Bonchev–Trinajstić information content (AvgIpc) is 3.39. The predicted molar refractivity (Wildman–Crippen MR) is 106 cm³/mol. The second kappa shape index (κ2) is 8.23. The Morgan fingerprint density at radius 2 is 2.19 bits per heavy atom. The van der Waals surface area contributed by atoms with Gasteiger partial charge < -0.3 is 15.0 Å². The number of benzene rings is 1. The van der Waals surface area contributed by atoms with Crippen molar-refractivity contribution >= 4 is 28.8 Å². The summed E-state index contributed by atoms with van der Waals surface area (Å²) in [6.45, 7) is 2.03. The molecule has 0 spiro atoms. The lowest BCUT2D eigenvalue weighted by molar-refractivity contribution is -0.132. The highest BCUT2D eigenvalue weighted by molar-refractivity contribution is 7.09. The molecule has 0 unspecified atom stereocenters. The summed E-state index contributed by atoms with van der Waals surface area (Å²) in [7, 11) is 0. The molecule has 2 amide bonds. The van der Waals surface area contributed by atoms with Gasteiger partial charge in [0.25, 0.3) is 5.91 Å². The molecule has 1 aromatic heterocycles. The summed E-state index contributed by atoms with van der Waals surface area (Å²) >= 11 is 1.70. The van der Waals surface area contributed by atoms with Crippen LogP contribution in [0.1, 0.15) is 35.3 Å². The largest absolute Gasteiger partial charge is 0.368 e. The van der Waals surface area contributed by atoms with Gasteiger partial charge in [0.1, 0.15) is 6.10 Å². The van der Waals surface area contributed by atoms with Gasteiger partial charge in [-0.25, -0.2) is 0 Å². The van der Waals surface area contributed by atoms with E-state index < -0.39 is 0 Å². The Kier molecular flexibility index (Phi) is 5.55. The summed E-state index contributed by atoms with van der Waals surface area (Å²) in [5, 5.41) is 5.00. The van der Waals surface area contributed by atoms with E-state index in [9.17, 15) is 9.59 Å². The fourth-order valence-electron chi connectivity index (χ4n) is 3.70.